The van der Waals surface area contributed by atoms with E-state index in [9.17, 15) is 18.3 Å². The molecule has 0 aliphatic heterocycles. The lowest BCUT2D eigenvalue weighted by molar-refractivity contribution is -0.137. The number of nitrogens with one attached hydrogen (secondary N) is 1. The van der Waals surface area contributed by atoms with E-state index >= 15 is 0 Å². The zero-order valence-electron chi connectivity index (χ0n) is 18.6. The highest BCUT2D eigenvalue weighted by atomic mass is 35.5. The quantitative estimate of drug-likeness (QED) is 0.295. The molecule has 0 bridgehead atoms. The molecule has 9 heteroatoms. The second kappa shape index (κ2) is 9.04. The molecule has 0 aliphatic rings. The summed E-state index contributed by atoms with van der Waals surface area (Å²) >= 11 is 13.0. The number of hydrogen-bond donors (Lipinski definition) is 2. The van der Waals surface area contributed by atoms with Crippen LogP contribution >= 0.6 is 23.2 Å². The van der Waals surface area contributed by atoms with Crippen molar-refractivity contribution in [3.8, 4) is 5.75 Å². The Morgan fingerprint density at radius 3 is 2.24 bits per heavy atom. The Kier molecular flexibility index (Phi) is 6.44. The molecule has 34 heavy (non-hydrogen) atoms. The number of phenolic OH excluding ortho intramolecular Hbond substituents is 1. The second-order valence-electron chi connectivity index (χ2n) is 8.18. The monoisotopic (exact) mass is 507 g/mol. The third-order valence-corrected chi connectivity index (χ3v) is 6.49. The van der Waals surface area contributed by atoms with Crippen LogP contribution in [0.1, 0.15) is 40.8 Å². The molecule has 1 unspecified atom stereocenters. The molecule has 4 nitrogen and oxygen atoms in total. The molecule has 0 radical (unpaired) electrons. The zero-order valence-corrected chi connectivity index (χ0v) is 20.1. The van der Waals surface area contributed by atoms with Crippen LogP contribution in [0, 0.1) is 0 Å². The van der Waals surface area contributed by atoms with Gasteiger partial charge in [-0.1, -0.05) is 60.5 Å². The summed E-state index contributed by atoms with van der Waals surface area (Å²) in [5.74, 6) is -0.176. The van der Waals surface area contributed by atoms with Gasteiger partial charge in [0.1, 0.15) is 11.6 Å². The number of halogens is 5. The number of hydrogen-bond acceptors (Lipinski definition) is 3. The second-order valence-corrected chi connectivity index (χ2v) is 9.00. The first kappa shape index (κ1) is 24.2. The fourth-order valence-corrected chi connectivity index (χ4v) is 5.04. The van der Waals surface area contributed by atoms with Crippen LogP contribution in [0.2, 0.25) is 10.0 Å². The van der Waals surface area contributed by atoms with E-state index in [-0.39, 0.29) is 21.4 Å². The highest BCUT2D eigenvalue weighted by Crippen LogP contribution is 2.49. The summed E-state index contributed by atoms with van der Waals surface area (Å²) in [7, 11) is 3.65. The van der Waals surface area contributed by atoms with Gasteiger partial charge in [0.05, 0.1) is 11.3 Å². The molecule has 3 aromatic carbocycles. The van der Waals surface area contributed by atoms with E-state index in [0.29, 0.717) is 29.1 Å². The minimum absolute atomic E-state index is 0.0244. The van der Waals surface area contributed by atoms with Crippen molar-refractivity contribution in [3.63, 3.8) is 0 Å². The highest BCUT2D eigenvalue weighted by Gasteiger charge is 2.36. The number of anilines is 1. The smallest absolute Gasteiger partial charge is 0.416 e. The molecule has 0 spiro atoms. The van der Waals surface area contributed by atoms with Gasteiger partial charge in [0.25, 0.3) is 0 Å². The van der Waals surface area contributed by atoms with Crippen molar-refractivity contribution in [2.45, 2.75) is 25.4 Å². The van der Waals surface area contributed by atoms with Crippen LogP contribution in [-0.4, -0.2) is 29.4 Å². The fourth-order valence-electron chi connectivity index (χ4n) is 4.34. The first-order chi connectivity index (χ1) is 16.0. The first-order valence-electron chi connectivity index (χ1n) is 10.6. The van der Waals surface area contributed by atoms with Gasteiger partial charge < -0.3 is 10.0 Å². The van der Waals surface area contributed by atoms with E-state index in [0.717, 1.165) is 22.9 Å². The van der Waals surface area contributed by atoms with E-state index < -0.39 is 17.7 Å². The molecule has 4 rings (SSSR count). The summed E-state index contributed by atoms with van der Waals surface area (Å²) < 4.78 is 40.4. The summed E-state index contributed by atoms with van der Waals surface area (Å²) in [6.45, 7) is 1.93. The summed E-state index contributed by atoms with van der Waals surface area (Å²) in [6.07, 6.45) is -4.07. The number of rotatable bonds is 5. The summed E-state index contributed by atoms with van der Waals surface area (Å²) in [5.41, 5.74) is 1.18. The number of aromatic nitrogens is 2. The van der Waals surface area contributed by atoms with Crippen molar-refractivity contribution in [3.05, 3.63) is 86.5 Å². The van der Waals surface area contributed by atoms with Gasteiger partial charge in [-0.25, -0.2) is 0 Å². The first-order valence-corrected chi connectivity index (χ1v) is 11.3. The van der Waals surface area contributed by atoms with Crippen molar-refractivity contribution in [2.24, 2.45) is 0 Å². The maximum absolute atomic E-state index is 13.5. The van der Waals surface area contributed by atoms with Gasteiger partial charge in [0.15, 0.2) is 0 Å². The molecular weight excluding hydrogens is 486 g/mol. The normalized spacial score (nSPS) is 12.8. The molecule has 1 aromatic heterocycles. The average Bonchev–Trinajstić information content (AvgIpc) is 3.20. The minimum atomic E-state index is -4.61. The Labute approximate surface area is 204 Å². The number of benzene rings is 3. The number of nitrogens with zero attached hydrogens (tertiary/aromatic N) is 2. The molecule has 0 fully saturated rings. The fraction of sp³-hybridized carbons (Fsp3) is 0.240. The Bertz CT molecular complexity index is 1340. The van der Waals surface area contributed by atoms with Crippen LogP contribution in [0.3, 0.4) is 0 Å². The van der Waals surface area contributed by atoms with Gasteiger partial charge in [0.2, 0.25) is 0 Å². The number of phenols is 1. The molecule has 0 saturated heterocycles. The largest absolute Gasteiger partial charge is 0.508 e. The molecule has 0 amide bonds. The molecule has 0 aliphatic carbocycles. The lowest BCUT2D eigenvalue weighted by Crippen LogP contribution is -2.16. The van der Waals surface area contributed by atoms with Crippen LogP contribution in [0.5, 0.6) is 5.75 Å². The van der Waals surface area contributed by atoms with Crippen molar-refractivity contribution >= 4 is 39.8 Å². The predicted molar refractivity (Wildman–Crippen MR) is 130 cm³/mol. The number of aromatic hydroxyl groups is 1. The van der Waals surface area contributed by atoms with Gasteiger partial charge >= 0.3 is 6.18 Å². The molecule has 2 N–H and O–H groups in total. The maximum atomic E-state index is 13.5. The number of aromatic amines is 1. The lowest BCUT2D eigenvalue weighted by Gasteiger charge is -2.26. The van der Waals surface area contributed by atoms with Gasteiger partial charge in [-0.05, 0) is 35.4 Å². The summed E-state index contributed by atoms with van der Waals surface area (Å²) in [4.78, 5) is 1.82. The molecule has 1 heterocycles. The molecular formula is C25H22Cl2F3N3O. The lowest BCUT2D eigenvalue weighted by atomic mass is 9.81. The Hall–Kier alpha value is -2.90. The summed E-state index contributed by atoms with van der Waals surface area (Å²) in [6, 6.07) is 12.6. The van der Waals surface area contributed by atoms with Gasteiger partial charge in [0, 0.05) is 46.7 Å². The van der Waals surface area contributed by atoms with Crippen molar-refractivity contribution in [1.29, 1.82) is 0 Å². The van der Waals surface area contributed by atoms with E-state index in [1.165, 1.54) is 0 Å². The number of fused-ring (bicyclic) bond motifs is 1. The van der Waals surface area contributed by atoms with Crippen LogP contribution < -0.4 is 4.90 Å². The zero-order chi connectivity index (χ0) is 24.8. The van der Waals surface area contributed by atoms with Crippen LogP contribution in [0.15, 0.2) is 48.5 Å². The Balaban J connectivity index is 2.15. The van der Waals surface area contributed by atoms with Crippen LogP contribution in [0.25, 0.3) is 10.8 Å². The van der Waals surface area contributed by atoms with E-state index in [2.05, 4.69) is 10.2 Å². The number of H-pyrrole nitrogens is 1. The number of aryl methyl sites for hydroxylation is 1. The average molecular weight is 508 g/mol. The number of alkyl halides is 3. The van der Waals surface area contributed by atoms with Gasteiger partial charge in [-0.15, -0.1) is 0 Å². The van der Waals surface area contributed by atoms with E-state index in [4.69, 9.17) is 23.2 Å². The van der Waals surface area contributed by atoms with Crippen LogP contribution in [-0.2, 0) is 12.6 Å². The van der Waals surface area contributed by atoms with E-state index in [1.807, 2.05) is 50.2 Å². The minimum Gasteiger partial charge on any atom is -0.508 e. The standard InChI is InChI=1S/C25H22Cl2F3N3O/c1-4-18-22(24(32-31-18)33(2)3)23(20-15-8-6-5-7-13(15)9-10-19(20)34)21-16(26)11-14(12-17(21)27)25(28,29)30/h5-12,23,34H,4H2,1-3H3,(H,31,32). The van der Waals surface area contributed by atoms with Gasteiger partial charge in [-0.2, -0.15) is 18.3 Å². The Morgan fingerprint density at radius 1 is 1.00 bits per heavy atom. The van der Waals surface area contributed by atoms with Crippen molar-refractivity contribution in [1.82, 2.24) is 10.2 Å². The SMILES string of the molecule is CCc1n[nH]c(N(C)C)c1C(c1c(Cl)cc(C(F)(F)F)cc1Cl)c1c(O)ccc2ccccc12. The van der Waals surface area contributed by atoms with Crippen molar-refractivity contribution in [2.75, 3.05) is 19.0 Å². The van der Waals surface area contributed by atoms with E-state index in [1.54, 1.807) is 12.1 Å². The molecule has 4 aromatic rings. The maximum Gasteiger partial charge on any atom is 0.416 e. The molecule has 178 valence electrons. The topological polar surface area (TPSA) is 52.2 Å². The predicted octanol–water partition coefficient (Wildman–Crippen LogP) is 7.40. The highest BCUT2D eigenvalue weighted by molar-refractivity contribution is 6.36. The third kappa shape index (κ3) is 4.18. The van der Waals surface area contributed by atoms with Gasteiger partial charge in [-0.3, -0.25) is 5.10 Å². The van der Waals surface area contributed by atoms with Crippen LogP contribution in [0.4, 0.5) is 19.0 Å². The molecule has 1 atom stereocenters. The third-order valence-electron chi connectivity index (χ3n) is 5.86. The molecule has 0 saturated carbocycles. The Morgan fingerprint density at radius 2 is 1.65 bits per heavy atom. The van der Waals surface area contributed by atoms with Crippen molar-refractivity contribution < 1.29 is 18.3 Å². The summed E-state index contributed by atoms with van der Waals surface area (Å²) in [5, 5.41) is 19.8.